The standard InChI is InChI=1S/C15H21N3O3/c1-2-17(12-6-4-3-5-7-12)15(19)13-10-11(16)8-9-14(13)18(20)21/h8-10,12H,2-7,16H2,1H3. The topological polar surface area (TPSA) is 89.5 Å². The van der Waals surface area contributed by atoms with Crippen LogP contribution in [0.5, 0.6) is 0 Å². The number of hydrogen-bond acceptors (Lipinski definition) is 4. The van der Waals surface area contributed by atoms with Crippen LogP contribution in [0.2, 0.25) is 0 Å². The van der Waals surface area contributed by atoms with Gasteiger partial charge in [0.15, 0.2) is 0 Å². The van der Waals surface area contributed by atoms with E-state index in [1.165, 1.54) is 24.6 Å². The Morgan fingerprint density at radius 2 is 2.05 bits per heavy atom. The van der Waals surface area contributed by atoms with Crippen LogP contribution in [0.1, 0.15) is 49.4 Å². The van der Waals surface area contributed by atoms with Gasteiger partial charge < -0.3 is 10.6 Å². The molecule has 0 aromatic heterocycles. The zero-order valence-corrected chi connectivity index (χ0v) is 12.2. The summed E-state index contributed by atoms with van der Waals surface area (Å²) in [5.74, 6) is -0.289. The molecule has 0 heterocycles. The minimum absolute atomic E-state index is 0.0902. The lowest BCUT2D eigenvalue weighted by Gasteiger charge is -2.33. The molecule has 0 bridgehead atoms. The molecule has 1 aromatic rings. The van der Waals surface area contributed by atoms with Crippen molar-refractivity contribution in [2.24, 2.45) is 0 Å². The molecule has 1 aliphatic carbocycles. The third-order valence-corrected chi connectivity index (χ3v) is 4.06. The number of nitrogens with zero attached hydrogens (tertiary/aromatic N) is 2. The molecule has 2 N–H and O–H groups in total. The zero-order valence-electron chi connectivity index (χ0n) is 12.2. The molecule has 1 aromatic carbocycles. The first-order chi connectivity index (χ1) is 10.0. The average molecular weight is 291 g/mol. The average Bonchev–Trinajstić information content (AvgIpc) is 2.48. The van der Waals surface area contributed by atoms with Crippen molar-refractivity contribution in [1.29, 1.82) is 0 Å². The summed E-state index contributed by atoms with van der Waals surface area (Å²) in [7, 11) is 0. The molecule has 0 spiro atoms. The molecule has 0 saturated heterocycles. The van der Waals surface area contributed by atoms with Crippen molar-refractivity contribution in [1.82, 2.24) is 4.90 Å². The summed E-state index contributed by atoms with van der Waals surface area (Å²) in [6.45, 7) is 2.46. The molecule has 6 heteroatoms. The van der Waals surface area contributed by atoms with Crippen molar-refractivity contribution in [2.75, 3.05) is 12.3 Å². The minimum Gasteiger partial charge on any atom is -0.399 e. The molecule has 2 rings (SSSR count). The smallest absolute Gasteiger partial charge is 0.282 e. The molecule has 0 unspecified atom stereocenters. The maximum atomic E-state index is 12.7. The number of nitrogen functional groups attached to an aromatic ring is 1. The highest BCUT2D eigenvalue weighted by atomic mass is 16.6. The highest BCUT2D eigenvalue weighted by Crippen LogP contribution is 2.27. The van der Waals surface area contributed by atoms with Crippen LogP contribution in [-0.4, -0.2) is 28.3 Å². The number of nitro benzene ring substituents is 1. The van der Waals surface area contributed by atoms with Crippen LogP contribution in [0, 0.1) is 10.1 Å². The van der Waals surface area contributed by atoms with Gasteiger partial charge in [-0.25, -0.2) is 0 Å². The summed E-state index contributed by atoms with van der Waals surface area (Å²) in [4.78, 5) is 25.1. The van der Waals surface area contributed by atoms with Gasteiger partial charge in [-0.3, -0.25) is 14.9 Å². The van der Waals surface area contributed by atoms with E-state index in [0.29, 0.717) is 12.2 Å². The second-order valence-electron chi connectivity index (χ2n) is 5.42. The lowest BCUT2D eigenvalue weighted by molar-refractivity contribution is -0.385. The second kappa shape index (κ2) is 6.56. The number of amides is 1. The lowest BCUT2D eigenvalue weighted by atomic mass is 9.93. The van der Waals surface area contributed by atoms with Gasteiger partial charge in [0.25, 0.3) is 11.6 Å². The normalized spacial score (nSPS) is 15.7. The SMILES string of the molecule is CCN(C(=O)c1cc(N)ccc1[N+](=O)[O-])C1CCCCC1. The fourth-order valence-electron chi connectivity index (χ4n) is 3.00. The van der Waals surface area contributed by atoms with Crippen LogP contribution in [0.25, 0.3) is 0 Å². The Morgan fingerprint density at radius 1 is 1.38 bits per heavy atom. The number of rotatable bonds is 4. The summed E-state index contributed by atoms with van der Waals surface area (Å²) in [6.07, 6.45) is 5.34. The van der Waals surface area contributed by atoms with Crippen LogP contribution in [0.15, 0.2) is 18.2 Å². The van der Waals surface area contributed by atoms with Gasteiger partial charge in [-0.1, -0.05) is 19.3 Å². The first kappa shape index (κ1) is 15.3. The highest BCUT2D eigenvalue weighted by Gasteiger charge is 2.29. The van der Waals surface area contributed by atoms with Crippen molar-refractivity contribution in [2.45, 2.75) is 45.1 Å². The van der Waals surface area contributed by atoms with Crippen molar-refractivity contribution < 1.29 is 9.72 Å². The first-order valence-corrected chi connectivity index (χ1v) is 7.39. The van der Waals surface area contributed by atoms with Crippen LogP contribution in [0.3, 0.4) is 0 Å². The summed E-state index contributed by atoms with van der Waals surface area (Å²) in [6, 6.07) is 4.34. The molecular weight excluding hydrogens is 270 g/mol. The summed E-state index contributed by atoms with van der Waals surface area (Å²) >= 11 is 0. The van der Waals surface area contributed by atoms with E-state index in [1.54, 1.807) is 4.90 Å². The van der Waals surface area contributed by atoms with E-state index in [0.717, 1.165) is 25.7 Å². The van der Waals surface area contributed by atoms with Crippen LogP contribution < -0.4 is 5.73 Å². The van der Waals surface area contributed by atoms with Gasteiger partial charge in [0.1, 0.15) is 5.56 Å². The number of nitro groups is 1. The first-order valence-electron chi connectivity index (χ1n) is 7.39. The Bertz CT molecular complexity index is 539. The molecule has 1 saturated carbocycles. The van der Waals surface area contributed by atoms with Crippen molar-refractivity contribution in [3.05, 3.63) is 33.9 Å². The molecule has 0 atom stereocenters. The molecule has 0 radical (unpaired) electrons. The molecule has 114 valence electrons. The number of carbonyl (C=O) groups is 1. The molecule has 1 fully saturated rings. The number of carbonyl (C=O) groups excluding carboxylic acids is 1. The lowest BCUT2D eigenvalue weighted by Crippen LogP contribution is -2.41. The zero-order chi connectivity index (χ0) is 15.4. The summed E-state index contributed by atoms with van der Waals surface area (Å²) in [5, 5.41) is 11.1. The molecule has 21 heavy (non-hydrogen) atoms. The van der Waals surface area contributed by atoms with E-state index in [-0.39, 0.29) is 23.2 Å². The van der Waals surface area contributed by atoms with Crippen LogP contribution in [-0.2, 0) is 0 Å². The van der Waals surface area contributed by atoms with Crippen LogP contribution in [0.4, 0.5) is 11.4 Å². The third kappa shape index (κ3) is 3.32. The van der Waals surface area contributed by atoms with E-state index in [4.69, 9.17) is 5.73 Å². The summed E-state index contributed by atoms with van der Waals surface area (Å²) < 4.78 is 0. The van der Waals surface area contributed by atoms with Crippen molar-refractivity contribution in [3.8, 4) is 0 Å². The highest BCUT2D eigenvalue weighted by molar-refractivity contribution is 5.99. The largest absolute Gasteiger partial charge is 0.399 e. The van der Waals surface area contributed by atoms with Gasteiger partial charge >= 0.3 is 0 Å². The van der Waals surface area contributed by atoms with Gasteiger partial charge in [-0.15, -0.1) is 0 Å². The molecule has 1 aliphatic rings. The van der Waals surface area contributed by atoms with E-state index in [9.17, 15) is 14.9 Å². The van der Waals surface area contributed by atoms with Gasteiger partial charge in [0.05, 0.1) is 4.92 Å². The molecule has 1 amide bonds. The van der Waals surface area contributed by atoms with E-state index in [2.05, 4.69) is 0 Å². The van der Waals surface area contributed by atoms with Gasteiger partial charge in [-0.05, 0) is 31.9 Å². The minimum atomic E-state index is -0.526. The number of benzene rings is 1. The summed E-state index contributed by atoms with van der Waals surface area (Å²) in [5.41, 5.74) is 5.97. The molecule has 0 aliphatic heterocycles. The van der Waals surface area contributed by atoms with E-state index in [1.807, 2.05) is 6.92 Å². The van der Waals surface area contributed by atoms with E-state index >= 15 is 0 Å². The Balaban J connectivity index is 2.32. The number of nitrogens with two attached hydrogens (primary N) is 1. The van der Waals surface area contributed by atoms with Gasteiger partial charge in [-0.2, -0.15) is 0 Å². The van der Waals surface area contributed by atoms with Gasteiger partial charge in [0.2, 0.25) is 0 Å². The second-order valence-corrected chi connectivity index (χ2v) is 5.42. The Labute approximate surface area is 124 Å². The van der Waals surface area contributed by atoms with Gasteiger partial charge in [0, 0.05) is 24.3 Å². The Kier molecular flexibility index (Phi) is 4.77. The predicted octanol–water partition coefficient (Wildman–Crippen LogP) is 2.97. The maximum Gasteiger partial charge on any atom is 0.282 e. The third-order valence-electron chi connectivity index (χ3n) is 4.06. The van der Waals surface area contributed by atoms with E-state index < -0.39 is 4.92 Å². The quantitative estimate of drug-likeness (QED) is 0.524. The fourth-order valence-corrected chi connectivity index (χ4v) is 3.00. The van der Waals surface area contributed by atoms with Crippen molar-refractivity contribution >= 4 is 17.3 Å². The maximum absolute atomic E-state index is 12.7. The number of hydrogen-bond donors (Lipinski definition) is 1. The Morgan fingerprint density at radius 3 is 2.62 bits per heavy atom. The van der Waals surface area contributed by atoms with Crippen LogP contribution >= 0.6 is 0 Å². The fraction of sp³-hybridized carbons (Fsp3) is 0.533. The monoisotopic (exact) mass is 291 g/mol. The van der Waals surface area contributed by atoms with Crippen molar-refractivity contribution in [3.63, 3.8) is 0 Å². The number of anilines is 1. The predicted molar refractivity (Wildman–Crippen MR) is 81.1 cm³/mol. The molecular formula is C15H21N3O3. The molecule has 6 nitrogen and oxygen atoms in total. The Hall–Kier alpha value is -2.11.